The fourth-order valence-corrected chi connectivity index (χ4v) is 1.57. The van der Waals surface area contributed by atoms with Crippen LogP contribution in [0.1, 0.15) is 41.0 Å². The van der Waals surface area contributed by atoms with E-state index in [1.807, 2.05) is 6.92 Å². The quantitative estimate of drug-likeness (QED) is 0.510. The molecule has 3 nitrogen and oxygen atoms in total. The number of nitrogens with two attached hydrogens (primary N) is 1. The first kappa shape index (κ1) is 12.9. The van der Waals surface area contributed by atoms with Crippen molar-refractivity contribution < 1.29 is 4.74 Å². The summed E-state index contributed by atoms with van der Waals surface area (Å²) in [5.74, 6) is 5.48. The van der Waals surface area contributed by atoms with Gasteiger partial charge in [0.05, 0.1) is 6.10 Å². The topological polar surface area (TPSA) is 47.3 Å². The molecular weight excluding hydrogens is 164 g/mol. The van der Waals surface area contributed by atoms with Crippen molar-refractivity contribution in [3.8, 4) is 0 Å². The maximum Gasteiger partial charge on any atom is 0.0789 e. The molecule has 2 atom stereocenters. The summed E-state index contributed by atoms with van der Waals surface area (Å²) in [5.41, 5.74) is 2.95. The van der Waals surface area contributed by atoms with Crippen LogP contribution in [0.4, 0.5) is 0 Å². The van der Waals surface area contributed by atoms with E-state index in [2.05, 4.69) is 33.1 Å². The molecule has 0 aromatic carbocycles. The standard InChI is InChI=1S/C10H24N2O/c1-6-8(12-11)9(13-7-2)10(3,4)5/h8-9,12H,6-7,11H2,1-5H3. The van der Waals surface area contributed by atoms with Crippen LogP contribution in [0.5, 0.6) is 0 Å². The lowest BCUT2D eigenvalue weighted by Gasteiger charge is -2.36. The van der Waals surface area contributed by atoms with E-state index < -0.39 is 0 Å². The lowest BCUT2D eigenvalue weighted by atomic mass is 9.84. The molecule has 3 N–H and O–H groups in total. The lowest BCUT2D eigenvalue weighted by molar-refractivity contribution is -0.0364. The molecule has 0 saturated heterocycles. The summed E-state index contributed by atoms with van der Waals surface area (Å²) < 4.78 is 5.71. The zero-order chi connectivity index (χ0) is 10.5. The van der Waals surface area contributed by atoms with Gasteiger partial charge in [-0.15, -0.1) is 0 Å². The average Bonchev–Trinajstić information content (AvgIpc) is 2.03. The van der Waals surface area contributed by atoms with Gasteiger partial charge in [0.25, 0.3) is 0 Å². The van der Waals surface area contributed by atoms with Gasteiger partial charge in [-0.25, -0.2) is 0 Å². The molecule has 0 aromatic rings. The number of rotatable bonds is 5. The molecule has 0 fully saturated rings. The average molecular weight is 188 g/mol. The zero-order valence-corrected chi connectivity index (χ0v) is 9.55. The summed E-state index contributed by atoms with van der Waals surface area (Å²) in [4.78, 5) is 0. The summed E-state index contributed by atoms with van der Waals surface area (Å²) in [6.07, 6.45) is 1.16. The third-order valence-electron chi connectivity index (χ3n) is 2.22. The predicted molar refractivity (Wildman–Crippen MR) is 56.3 cm³/mol. The molecule has 0 heterocycles. The largest absolute Gasteiger partial charge is 0.376 e. The second-order valence-electron chi connectivity index (χ2n) is 4.42. The minimum absolute atomic E-state index is 0.128. The monoisotopic (exact) mass is 188 g/mol. The molecule has 0 aromatic heterocycles. The predicted octanol–water partition coefficient (Wildman–Crippen LogP) is 1.68. The van der Waals surface area contributed by atoms with E-state index >= 15 is 0 Å². The molecule has 80 valence electrons. The number of hydrogen-bond acceptors (Lipinski definition) is 3. The van der Waals surface area contributed by atoms with E-state index in [0.29, 0.717) is 0 Å². The van der Waals surface area contributed by atoms with Gasteiger partial charge in [-0.2, -0.15) is 0 Å². The molecule has 0 bridgehead atoms. The van der Waals surface area contributed by atoms with Crippen LogP contribution in [-0.2, 0) is 4.74 Å². The maximum atomic E-state index is 5.71. The highest BCUT2D eigenvalue weighted by molar-refractivity contribution is 4.84. The van der Waals surface area contributed by atoms with E-state index in [4.69, 9.17) is 10.6 Å². The van der Waals surface area contributed by atoms with Gasteiger partial charge in [0.2, 0.25) is 0 Å². The zero-order valence-electron chi connectivity index (χ0n) is 9.55. The van der Waals surface area contributed by atoms with Crippen LogP contribution in [-0.4, -0.2) is 18.8 Å². The highest BCUT2D eigenvalue weighted by Gasteiger charge is 2.31. The molecule has 0 amide bonds. The van der Waals surface area contributed by atoms with Crippen LogP contribution in [0, 0.1) is 5.41 Å². The Hall–Kier alpha value is -0.120. The second-order valence-corrected chi connectivity index (χ2v) is 4.42. The minimum Gasteiger partial charge on any atom is -0.376 e. The summed E-state index contributed by atoms with van der Waals surface area (Å²) >= 11 is 0. The summed E-state index contributed by atoms with van der Waals surface area (Å²) in [5, 5.41) is 0. The van der Waals surface area contributed by atoms with E-state index in [-0.39, 0.29) is 17.6 Å². The molecule has 2 unspecified atom stereocenters. The van der Waals surface area contributed by atoms with Gasteiger partial charge in [0, 0.05) is 12.6 Å². The SMILES string of the molecule is CCOC(C(CC)NN)C(C)(C)C. The summed E-state index contributed by atoms with van der Waals surface area (Å²) in [6, 6.07) is 0.236. The fraction of sp³-hybridized carbons (Fsp3) is 1.00. The van der Waals surface area contributed by atoms with Crippen molar-refractivity contribution in [2.45, 2.75) is 53.2 Å². The minimum atomic E-state index is 0.128. The van der Waals surface area contributed by atoms with Crippen molar-refractivity contribution in [3.63, 3.8) is 0 Å². The Morgan fingerprint density at radius 1 is 1.31 bits per heavy atom. The van der Waals surface area contributed by atoms with Crippen molar-refractivity contribution in [1.82, 2.24) is 5.43 Å². The van der Waals surface area contributed by atoms with E-state index in [1.165, 1.54) is 0 Å². The Morgan fingerprint density at radius 3 is 2.08 bits per heavy atom. The van der Waals surface area contributed by atoms with E-state index in [0.717, 1.165) is 13.0 Å². The van der Waals surface area contributed by atoms with Crippen molar-refractivity contribution in [2.75, 3.05) is 6.61 Å². The molecule has 0 aliphatic rings. The van der Waals surface area contributed by atoms with Gasteiger partial charge in [-0.1, -0.05) is 27.7 Å². The number of hydrogen-bond donors (Lipinski definition) is 2. The number of nitrogens with one attached hydrogen (secondary N) is 1. The summed E-state index contributed by atoms with van der Waals surface area (Å²) in [6.45, 7) is 11.4. The van der Waals surface area contributed by atoms with Crippen LogP contribution in [0.3, 0.4) is 0 Å². The van der Waals surface area contributed by atoms with Crippen molar-refractivity contribution >= 4 is 0 Å². The second kappa shape index (κ2) is 5.58. The Bertz CT molecular complexity index is 127. The van der Waals surface area contributed by atoms with Crippen molar-refractivity contribution in [3.05, 3.63) is 0 Å². The first-order valence-electron chi connectivity index (χ1n) is 5.05. The third-order valence-corrected chi connectivity index (χ3v) is 2.22. The van der Waals surface area contributed by atoms with Crippen LogP contribution < -0.4 is 11.3 Å². The van der Waals surface area contributed by atoms with Gasteiger partial charge < -0.3 is 4.74 Å². The molecule has 0 aliphatic heterocycles. The Labute approximate surface area is 82.0 Å². The number of hydrazine groups is 1. The van der Waals surface area contributed by atoms with E-state index in [9.17, 15) is 0 Å². The van der Waals surface area contributed by atoms with Crippen LogP contribution >= 0.6 is 0 Å². The van der Waals surface area contributed by atoms with Gasteiger partial charge in [-0.3, -0.25) is 11.3 Å². The molecule has 0 spiro atoms. The maximum absolute atomic E-state index is 5.71. The molecule has 0 saturated carbocycles. The first-order chi connectivity index (χ1) is 5.97. The Balaban J connectivity index is 4.38. The Morgan fingerprint density at radius 2 is 1.85 bits per heavy atom. The van der Waals surface area contributed by atoms with Crippen molar-refractivity contribution in [1.29, 1.82) is 0 Å². The highest BCUT2D eigenvalue weighted by atomic mass is 16.5. The number of ether oxygens (including phenoxy) is 1. The smallest absolute Gasteiger partial charge is 0.0789 e. The molecule has 0 rings (SSSR count). The van der Waals surface area contributed by atoms with E-state index in [1.54, 1.807) is 0 Å². The normalized spacial score (nSPS) is 17.1. The fourth-order valence-electron chi connectivity index (χ4n) is 1.57. The van der Waals surface area contributed by atoms with Crippen LogP contribution in [0.15, 0.2) is 0 Å². The Kier molecular flexibility index (Phi) is 5.53. The van der Waals surface area contributed by atoms with Gasteiger partial charge in [-0.05, 0) is 18.8 Å². The molecule has 3 heteroatoms. The highest BCUT2D eigenvalue weighted by Crippen LogP contribution is 2.25. The van der Waals surface area contributed by atoms with Crippen molar-refractivity contribution in [2.24, 2.45) is 11.3 Å². The lowest BCUT2D eigenvalue weighted by Crippen LogP contribution is -2.50. The molecule has 13 heavy (non-hydrogen) atoms. The van der Waals surface area contributed by atoms with Gasteiger partial charge >= 0.3 is 0 Å². The molecular formula is C10H24N2O. The van der Waals surface area contributed by atoms with Gasteiger partial charge in [0.1, 0.15) is 0 Å². The molecule has 0 aliphatic carbocycles. The molecule has 0 radical (unpaired) electrons. The van der Waals surface area contributed by atoms with Crippen LogP contribution in [0.25, 0.3) is 0 Å². The van der Waals surface area contributed by atoms with Gasteiger partial charge in [0.15, 0.2) is 0 Å². The third kappa shape index (κ3) is 4.07. The first-order valence-corrected chi connectivity index (χ1v) is 5.05. The summed E-state index contributed by atoms with van der Waals surface area (Å²) in [7, 11) is 0. The van der Waals surface area contributed by atoms with Crippen LogP contribution in [0.2, 0.25) is 0 Å².